The smallest absolute Gasteiger partial charge is 0.422 e. The Balaban J connectivity index is 2.50. The lowest BCUT2D eigenvalue weighted by atomic mass is 10.1. The molecule has 2 aromatic rings. The van der Waals surface area contributed by atoms with E-state index in [2.05, 4.69) is 47.7 Å². The number of hydrogen-bond acceptors (Lipinski definition) is 4. The van der Waals surface area contributed by atoms with E-state index in [9.17, 15) is 9.59 Å². The number of aromatic nitrogens is 1. The summed E-state index contributed by atoms with van der Waals surface area (Å²) in [5.74, 6) is 0.506. The second-order valence-electron chi connectivity index (χ2n) is 8.53. The van der Waals surface area contributed by atoms with Crippen LogP contribution in [0.3, 0.4) is 0 Å². The van der Waals surface area contributed by atoms with Crippen molar-refractivity contribution in [2.24, 2.45) is 5.92 Å². The van der Waals surface area contributed by atoms with Crippen molar-refractivity contribution in [3.05, 3.63) is 39.2 Å². The predicted octanol–water partition coefficient (Wildman–Crippen LogP) is 4.38. The van der Waals surface area contributed by atoms with Gasteiger partial charge in [-0.3, -0.25) is 4.57 Å². The van der Waals surface area contributed by atoms with E-state index in [0.29, 0.717) is 29.1 Å². The van der Waals surface area contributed by atoms with Crippen molar-refractivity contribution in [3.63, 3.8) is 0 Å². The van der Waals surface area contributed by atoms with Crippen LogP contribution >= 0.6 is 0 Å². The van der Waals surface area contributed by atoms with E-state index >= 15 is 0 Å². The average molecular weight is 364 g/mol. The summed E-state index contributed by atoms with van der Waals surface area (Å²) in [5, 5.41) is 0.447. The highest BCUT2D eigenvalue weighted by molar-refractivity contribution is 6.74. The van der Waals surface area contributed by atoms with E-state index in [0.717, 1.165) is 6.42 Å². The molecule has 0 atom stereocenters. The van der Waals surface area contributed by atoms with Crippen molar-refractivity contribution in [1.82, 2.24) is 4.57 Å². The van der Waals surface area contributed by atoms with Gasteiger partial charge in [-0.05, 0) is 48.7 Å². The van der Waals surface area contributed by atoms with Gasteiger partial charge in [0, 0.05) is 6.54 Å². The number of fused-ring (bicyclic) bond motifs is 1. The first kappa shape index (κ1) is 19.5. The minimum Gasteiger partial charge on any atom is -0.543 e. The van der Waals surface area contributed by atoms with E-state index in [-0.39, 0.29) is 5.04 Å². The first-order chi connectivity index (χ1) is 11.4. The summed E-state index contributed by atoms with van der Waals surface area (Å²) in [6.45, 7) is 15.5. The number of nitrogens with zero attached hydrogens (tertiary/aromatic N) is 1. The molecule has 0 aliphatic carbocycles. The zero-order valence-corrected chi connectivity index (χ0v) is 17.3. The minimum atomic E-state index is -2.01. The summed E-state index contributed by atoms with van der Waals surface area (Å²) in [6, 6.07) is 5.33. The van der Waals surface area contributed by atoms with Crippen LogP contribution in [-0.4, -0.2) is 12.9 Å². The summed E-state index contributed by atoms with van der Waals surface area (Å²) >= 11 is 0. The Morgan fingerprint density at radius 3 is 2.40 bits per heavy atom. The molecule has 6 heteroatoms. The monoisotopic (exact) mass is 363 g/mol. The van der Waals surface area contributed by atoms with Crippen LogP contribution in [0.2, 0.25) is 18.1 Å². The maximum atomic E-state index is 12.2. The van der Waals surface area contributed by atoms with Gasteiger partial charge in [0.1, 0.15) is 5.75 Å². The van der Waals surface area contributed by atoms with E-state index in [1.807, 2.05) is 6.07 Å². The van der Waals surface area contributed by atoms with Crippen LogP contribution in [0.25, 0.3) is 10.9 Å². The minimum absolute atomic E-state index is 0.0582. The Labute approximate surface area is 149 Å². The van der Waals surface area contributed by atoms with Crippen LogP contribution in [0.15, 0.2) is 32.2 Å². The van der Waals surface area contributed by atoms with Crippen molar-refractivity contribution in [1.29, 1.82) is 0 Å². The zero-order chi connectivity index (χ0) is 19.0. The summed E-state index contributed by atoms with van der Waals surface area (Å²) in [6.07, 6.45) is 0.838. The molecule has 0 aliphatic rings. The molecule has 0 bridgehead atoms. The highest BCUT2D eigenvalue weighted by atomic mass is 28.4. The maximum Gasteiger partial charge on any atom is 0.422 e. The molecule has 1 aromatic carbocycles. The molecule has 0 amide bonds. The average Bonchev–Trinajstić information content (AvgIpc) is 2.45. The van der Waals surface area contributed by atoms with E-state index in [1.165, 1.54) is 4.57 Å². The van der Waals surface area contributed by atoms with Crippen LogP contribution in [0.1, 0.15) is 41.0 Å². The Hall–Kier alpha value is -1.82. The lowest BCUT2D eigenvalue weighted by Crippen LogP contribution is -2.43. The van der Waals surface area contributed by atoms with Gasteiger partial charge in [0.25, 0.3) is 0 Å². The van der Waals surface area contributed by atoms with Gasteiger partial charge in [-0.1, -0.05) is 34.6 Å². The molecule has 1 aromatic heterocycles. The predicted molar refractivity (Wildman–Crippen MR) is 104 cm³/mol. The Morgan fingerprint density at radius 2 is 1.84 bits per heavy atom. The lowest BCUT2D eigenvalue weighted by molar-refractivity contribution is 0.399. The quantitative estimate of drug-likeness (QED) is 0.739. The molecule has 1 heterocycles. The molecular formula is C19H29NO4Si. The van der Waals surface area contributed by atoms with Crippen LogP contribution in [0, 0.1) is 5.92 Å². The standard InChI is InChI=1S/C19H29NO4Si/c1-13(2)10-11-20-16-9-8-14(24-25(6,7)19(3,4)5)12-15(16)17(21)23-18(20)22/h8-9,12-13H,10-11H2,1-7H3. The van der Waals surface area contributed by atoms with Gasteiger partial charge in [0.2, 0.25) is 8.32 Å². The second kappa shape index (κ2) is 6.82. The van der Waals surface area contributed by atoms with Crippen molar-refractivity contribution >= 4 is 19.2 Å². The molecule has 0 fully saturated rings. The summed E-state index contributed by atoms with van der Waals surface area (Å²) in [7, 11) is -2.01. The van der Waals surface area contributed by atoms with Gasteiger partial charge in [-0.15, -0.1) is 0 Å². The SMILES string of the molecule is CC(C)CCn1c(=O)oc(=O)c2cc(O[Si](C)(C)C(C)(C)C)ccc21. The fourth-order valence-corrected chi connectivity index (χ4v) is 3.33. The third-order valence-electron chi connectivity index (χ3n) is 4.99. The molecule has 5 nitrogen and oxygen atoms in total. The van der Waals surface area contributed by atoms with Crippen molar-refractivity contribution in [2.45, 2.75) is 65.7 Å². The lowest BCUT2D eigenvalue weighted by Gasteiger charge is -2.36. The first-order valence-electron chi connectivity index (χ1n) is 8.79. The molecule has 0 saturated heterocycles. The Bertz CT molecular complexity index is 872. The number of rotatable bonds is 5. The van der Waals surface area contributed by atoms with Crippen LogP contribution in [0.5, 0.6) is 5.75 Å². The Morgan fingerprint density at radius 1 is 1.20 bits per heavy atom. The van der Waals surface area contributed by atoms with Gasteiger partial charge in [0.15, 0.2) is 0 Å². The fraction of sp³-hybridized carbons (Fsp3) is 0.579. The third-order valence-corrected chi connectivity index (χ3v) is 9.35. The third kappa shape index (κ3) is 4.23. The number of benzene rings is 1. The van der Waals surface area contributed by atoms with Crippen molar-refractivity contribution < 1.29 is 8.84 Å². The van der Waals surface area contributed by atoms with Gasteiger partial charge in [0.05, 0.1) is 10.9 Å². The Kier molecular flexibility index (Phi) is 5.32. The highest BCUT2D eigenvalue weighted by Gasteiger charge is 2.39. The highest BCUT2D eigenvalue weighted by Crippen LogP contribution is 2.37. The molecule has 0 aliphatic heterocycles. The van der Waals surface area contributed by atoms with Crippen LogP contribution < -0.4 is 15.8 Å². The molecule has 0 unspecified atom stereocenters. The molecule has 138 valence electrons. The summed E-state index contributed by atoms with van der Waals surface area (Å²) in [4.78, 5) is 24.3. The molecule has 0 radical (unpaired) electrons. The van der Waals surface area contributed by atoms with E-state index < -0.39 is 19.7 Å². The summed E-state index contributed by atoms with van der Waals surface area (Å²) in [5.41, 5.74) is -0.00837. The van der Waals surface area contributed by atoms with Gasteiger partial charge >= 0.3 is 11.4 Å². The zero-order valence-electron chi connectivity index (χ0n) is 16.3. The number of hydrogen-bond donors (Lipinski definition) is 0. The fourth-order valence-electron chi connectivity index (χ4n) is 2.31. The summed E-state index contributed by atoms with van der Waals surface area (Å²) < 4.78 is 12.7. The molecular weight excluding hydrogens is 334 g/mol. The van der Waals surface area contributed by atoms with E-state index in [1.54, 1.807) is 12.1 Å². The van der Waals surface area contributed by atoms with Crippen molar-refractivity contribution in [3.8, 4) is 5.75 Å². The van der Waals surface area contributed by atoms with Crippen molar-refractivity contribution in [2.75, 3.05) is 0 Å². The van der Waals surface area contributed by atoms with Gasteiger partial charge < -0.3 is 8.84 Å². The number of aryl methyl sites for hydroxylation is 1. The molecule has 2 rings (SSSR count). The van der Waals surface area contributed by atoms with Gasteiger partial charge in [-0.2, -0.15) is 0 Å². The molecule has 0 N–H and O–H groups in total. The molecule has 0 spiro atoms. The normalized spacial score (nSPS) is 12.8. The first-order valence-corrected chi connectivity index (χ1v) is 11.7. The van der Waals surface area contributed by atoms with Gasteiger partial charge in [-0.25, -0.2) is 9.59 Å². The van der Waals surface area contributed by atoms with Crippen LogP contribution in [-0.2, 0) is 6.54 Å². The maximum absolute atomic E-state index is 12.2. The largest absolute Gasteiger partial charge is 0.543 e. The molecule has 0 saturated carbocycles. The topological polar surface area (TPSA) is 61.4 Å². The van der Waals surface area contributed by atoms with Crippen LogP contribution in [0.4, 0.5) is 0 Å². The van der Waals surface area contributed by atoms with E-state index in [4.69, 9.17) is 8.84 Å². The second-order valence-corrected chi connectivity index (χ2v) is 13.3. The molecule has 25 heavy (non-hydrogen) atoms.